The van der Waals surface area contributed by atoms with Crippen LogP contribution in [0.4, 0.5) is 11.4 Å². The van der Waals surface area contributed by atoms with E-state index in [2.05, 4.69) is 41.3 Å². The number of aromatic nitrogens is 1. The monoisotopic (exact) mass is 270 g/mol. The SMILES string of the molecule is CC1CN(C)CCC1Nc1ccnc2cc(N)ccc12. The molecular weight excluding hydrogens is 248 g/mol. The minimum Gasteiger partial charge on any atom is -0.399 e. The van der Waals surface area contributed by atoms with E-state index in [1.165, 1.54) is 6.42 Å². The number of fused-ring (bicyclic) bond motifs is 1. The lowest BCUT2D eigenvalue weighted by atomic mass is 9.94. The summed E-state index contributed by atoms with van der Waals surface area (Å²) in [7, 11) is 2.19. The molecule has 1 aliphatic heterocycles. The van der Waals surface area contributed by atoms with Crippen LogP contribution in [0.25, 0.3) is 10.9 Å². The van der Waals surface area contributed by atoms with Gasteiger partial charge in [0.2, 0.25) is 0 Å². The van der Waals surface area contributed by atoms with Crippen molar-refractivity contribution in [3.8, 4) is 0 Å². The van der Waals surface area contributed by atoms with Crippen molar-refractivity contribution in [3.05, 3.63) is 30.5 Å². The normalized spacial score (nSPS) is 23.9. The molecule has 2 heterocycles. The Balaban J connectivity index is 1.87. The number of rotatable bonds is 2. The van der Waals surface area contributed by atoms with E-state index in [9.17, 15) is 0 Å². The van der Waals surface area contributed by atoms with E-state index in [0.29, 0.717) is 12.0 Å². The van der Waals surface area contributed by atoms with Gasteiger partial charge in [-0.1, -0.05) is 6.92 Å². The van der Waals surface area contributed by atoms with Gasteiger partial charge in [0.15, 0.2) is 0 Å². The van der Waals surface area contributed by atoms with Crippen LogP contribution in [0.1, 0.15) is 13.3 Å². The second-order valence-electron chi connectivity index (χ2n) is 5.91. The smallest absolute Gasteiger partial charge is 0.0743 e. The second kappa shape index (κ2) is 5.29. The fraction of sp³-hybridized carbons (Fsp3) is 0.438. The largest absolute Gasteiger partial charge is 0.399 e. The highest BCUT2D eigenvalue weighted by Gasteiger charge is 2.24. The van der Waals surface area contributed by atoms with E-state index in [-0.39, 0.29) is 0 Å². The van der Waals surface area contributed by atoms with Crippen molar-refractivity contribution < 1.29 is 0 Å². The first-order chi connectivity index (χ1) is 9.63. The maximum Gasteiger partial charge on any atom is 0.0743 e. The highest BCUT2D eigenvalue weighted by Crippen LogP contribution is 2.27. The maximum atomic E-state index is 5.83. The molecule has 1 fully saturated rings. The van der Waals surface area contributed by atoms with Crippen LogP contribution in [0, 0.1) is 5.92 Å². The zero-order valence-electron chi connectivity index (χ0n) is 12.1. The van der Waals surface area contributed by atoms with Gasteiger partial charge in [-0.25, -0.2) is 0 Å². The number of nitrogen functional groups attached to an aromatic ring is 1. The van der Waals surface area contributed by atoms with E-state index in [0.717, 1.165) is 35.4 Å². The molecule has 1 saturated heterocycles. The summed E-state index contributed by atoms with van der Waals surface area (Å²) in [5.74, 6) is 0.644. The molecule has 4 nitrogen and oxygen atoms in total. The van der Waals surface area contributed by atoms with Crippen molar-refractivity contribution in [2.75, 3.05) is 31.2 Å². The number of hydrogen-bond donors (Lipinski definition) is 2. The van der Waals surface area contributed by atoms with Gasteiger partial charge in [0.05, 0.1) is 5.52 Å². The molecule has 0 aliphatic carbocycles. The molecule has 2 unspecified atom stereocenters. The number of nitrogens with one attached hydrogen (secondary N) is 1. The first-order valence-electron chi connectivity index (χ1n) is 7.23. The van der Waals surface area contributed by atoms with Gasteiger partial charge in [-0.2, -0.15) is 0 Å². The number of pyridine rings is 1. The molecule has 1 aromatic heterocycles. The zero-order valence-corrected chi connectivity index (χ0v) is 12.1. The Morgan fingerprint density at radius 1 is 1.35 bits per heavy atom. The molecule has 1 aromatic carbocycles. The molecule has 0 amide bonds. The first kappa shape index (κ1) is 13.2. The Labute approximate surface area is 120 Å². The molecule has 4 heteroatoms. The van der Waals surface area contributed by atoms with E-state index in [1.54, 1.807) is 0 Å². The fourth-order valence-corrected chi connectivity index (χ4v) is 3.06. The number of anilines is 2. The summed E-state index contributed by atoms with van der Waals surface area (Å²) in [6.07, 6.45) is 3.03. The molecule has 2 aromatic rings. The zero-order chi connectivity index (χ0) is 14.1. The maximum absolute atomic E-state index is 5.83. The van der Waals surface area contributed by atoms with Gasteiger partial charge in [0.1, 0.15) is 0 Å². The molecular formula is C16H22N4. The van der Waals surface area contributed by atoms with Crippen LogP contribution >= 0.6 is 0 Å². The molecule has 106 valence electrons. The third-order valence-corrected chi connectivity index (χ3v) is 4.22. The van der Waals surface area contributed by atoms with Crippen LogP contribution in [0.2, 0.25) is 0 Å². The van der Waals surface area contributed by atoms with E-state index < -0.39 is 0 Å². The molecule has 0 saturated carbocycles. The highest BCUT2D eigenvalue weighted by molar-refractivity contribution is 5.92. The van der Waals surface area contributed by atoms with Gasteiger partial charge in [-0.05, 0) is 50.2 Å². The predicted octanol–water partition coefficient (Wildman–Crippen LogP) is 2.57. The number of hydrogen-bond acceptors (Lipinski definition) is 4. The van der Waals surface area contributed by atoms with Crippen molar-refractivity contribution >= 4 is 22.3 Å². The summed E-state index contributed by atoms with van der Waals surface area (Å²) in [6, 6.07) is 8.50. The van der Waals surface area contributed by atoms with Crippen molar-refractivity contribution in [3.63, 3.8) is 0 Å². The van der Waals surface area contributed by atoms with Gasteiger partial charge in [-0.15, -0.1) is 0 Å². The summed E-state index contributed by atoms with van der Waals surface area (Å²) < 4.78 is 0. The summed E-state index contributed by atoms with van der Waals surface area (Å²) in [5.41, 5.74) is 8.71. The van der Waals surface area contributed by atoms with Crippen molar-refractivity contribution in [1.82, 2.24) is 9.88 Å². The standard InChI is InChI=1S/C16H22N4/c1-11-10-20(2)8-6-14(11)19-15-5-7-18-16-9-12(17)3-4-13(15)16/h3-5,7,9,11,14H,6,8,10,17H2,1-2H3,(H,18,19). The van der Waals surface area contributed by atoms with E-state index in [4.69, 9.17) is 5.73 Å². The van der Waals surface area contributed by atoms with Crippen LogP contribution in [0.15, 0.2) is 30.5 Å². The Bertz CT molecular complexity index is 610. The summed E-state index contributed by atoms with van der Waals surface area (Å²) >= 11 is 0. The summed E-state index contributed by atoms with van der Waals surface area (Å²) in [6.45, 7) is 4.61. The molecule has 2 atom stereocenters. The summed E-state index contributed by atoms with van der Waals surface area (Å²) in [5, 5.41) is 4.85. The van der Waals surface area contributed by atoms with Gasteiger partial charge in [0, 0.05) is 35.5 Å². The Kier molecular flexibility index (Phi) is 3.49. The lowest BCUT2D eigenvalue weighted by Crippen LogP contribution is -2.43. The van der Waals surface area contributed by atoms with Crippen molar-refractivity contribution in [1.29, 1.82) is 0 Å². The van der Waals surface area contributed by atoms with Crippen LogP contribution in [-0.4, -0.2) is 36.1 Å². The fourth-order valence-electron chi connectivity index (χ4n) is 3.06. The van der Waals surface area contributed by atoms with Crippen LogP contribution in [0.5, 0.6) is 0 Å². The molecule has 1 aliphatic rings. The van der Waals surface area contributed by atoms with E-state index >= 15 is 0 Å². The van der Waals surface area contributed by atoms with Crippen molar-refractivity contribution in [2.24, 2.45) is 5.92 Å². The van der Waals surface area contributed by atoms with Gasteiger partial charge in [-0.3, -0.25) is 4.98 Å². The number of nitrogens with two attached hydrogens (primary N) is 1. The van der Waals surface area contributed by atoms with Gasteiger partial charge < -0.3 is 16.0 Å². The Morgan fingerprint density at radius 3 is 3.00 bits per heavy atom. The van der Waals surface area contributed by atoms with Gasteiger partial charge >= 0.3 is 0 Å². The second-order valence-corrected chi connectivity index (χ2v) is 5.91. The topological polar surface area (TPSA) is 54.2 Å². The molecule has 0 spiro atoms. The molecule has 3 rings (SSSR count). The highest BCUT2D eigenvalue weighted by atomic mass is 15.1. The number of benzene rings is 1. The average molecular weight is 270 g/mol. The lowest BCUT2D eigenvalue weighted by Gasteiger charge is -2.36. The molecule has 20 heavy (non-hydrogen) atoms. The quantitative estimate of drug-likeness (QED) is 0.824. The molecule has 0 bridgehead atoms. The number of piperidine rings is 1. The van der Waals surface area contributed by atoms with Crippen molar-refractivity contribution in [2.45, 2.75) is 19.4 Å². The van der Waals surface area contributed by atoms with Gasteiger partial charge in [0.25, 0.3) is 0 Å². The van der Waals surface area contributed by atoms with Crippen LogP contribution < -0.4 is 11.1 Å². The average Bonchev–Trinajstić information content (AvgIpc) is 2.41. The molecule has 3 N–H and O–H groups in total. The minimum atomic E-state index is 0.523. The lowest BCUT2D eigenvalue weighted by molar-refractivity contribution is 0.206. The summed E-state index contributed by atoms with van der Waals surface area (Å²) in [4.78, 5) is 6.80. The predicted molar refractivity (Wildman–Crippen MR) is 84.8 cm³/mol. The molecule has 0 radical (unpaired) electrons. The minimum absolute atomic E-state index is 0.523. The third-order valence-electron chi connectivity index (χ3n) is 4.22. The first-order valence-corrected chi connectivity index (χ1v) is 7.23. The number of likely N-dealkylation sites (tertiary alicyclic amines) is 1. The third kappa shape index (κ3) is 2.56. The Hall–Kier alpha value is -1.81. The Morgan fingerprint density at radius 2 is 2.20 bits per heavy atom. The van der Waals surface area contributed by atoms with Crippen LogP contribution in [0.3, 0.4) is 0 Å². The van der Waals surface area contributed by atoms with Crippen LogP contribution in [-0.2, 0) is 0 Å². The van der Waals surface area contributed by atoms with E-state index in [1.807, 2.05) is 18.3 Å². The number of nitrogens with zero attached hydrogens (tertiary/aromatic N) is 2.